The molecule has 0 spiro atoms. The Kier molecular flexibility index (Phi) is 3.99. The van der Waals surface area contributed by atoms with Crippen LogP contribution in [-0.2, 0) is 11.3 Å². The third kappa shape index (κ3) is 2.70. The molecular weight excluding hydrogens is 387 g/mol. The van der Waals surface area contributed by atoms with E-state index in [2.05, 4.69) is 52.3 Å². The molecule has 1 aliphatic rings. The monoisotopic (exact) mass is 404 g/mol. The quantitative estimate of drug-likeness (QED) is 0.556. The molecule has 1 aromatic carbocycles. The van der Waals surface area contributed by atoms with Gasteiger partial charge in [-0.3, -0.25) is 0 Å². The third-order valence-electron chi connectivity index (χ3n) is 3.89. The number of nitrogens with zero attached hydrogens (tertiary/aromatic N) is 2. The van der Waals surface area contributed by atoms with Crippen molar-refractivity contribution >= 4 is 45.2 Å². The Morgan fingerprint density at radius 1 is 1.55 bits per heavy atom. The number of hydrogen-bond acceptors (Lipinski definition) is 2. The standard InChI is InChI=1S/C15H18ClIN2O/c1-10(16)14-18-12-8-11(17)4-5-13(12)19(14)9-15(2)6-3-7-20-15/h4-5,8,10H,3,6-7,9H2,1-2H3. The first kappa shape index (κ1) is 14.6. The molecule has 1 aliphatic heterocycles. The van der Waals surface area contributed by atoms with Crippen LogP contribution in [0.1, 0.15) is 37.9 Å². The lowest BCUT2D eigenvalue weighted by atomic mass is 10.0. The Labute approximate surface area is 137 Å². The first-order valence-electron chi connectivity index (χ1n) is 6.92. The zero-order valence-electron chi connectivity index (χ0n) is 11.7. The van der Waals surface area contributed by atoms with Gasteiger partial charge in [-0.05, 0) is 67.5 Å². The summed E-state index contributed by atoms with van der Waals surface area (Å²) in [5, 5.41) is -0.106. The fourth-order valence-electron chi connectivity index (χ4n) is 2.89. The maximum absolute atomic E-state index is 6.32. The summed E-state index contributed by atoms with van der Waals surface area (Å²) in [6, 6.07) is 6.35. The maximum atomic E-state index is 6.32. The lowest BCUT2D eigenvalue weighted by Gasteiger charge is -2.25. The second kappa shape index (κ2) is 5.46. The smallest absolute Gasteiger partial charge is 0.127 e. The minimum atomic E-state index is -0.106. The Balaban J connectivity index is 2.09. The number of alkyl halides is 1. The van der Waals surface area contributed by atoms with Gasteiger partial charge in [-0.2, -0.15) is 0 Å². The van der Waals surface area contributed by atoms with Gasteiger partial charge in [0.05, 0.1) is 28.6 Å². The van der Waals surface area contributed by atoms with Gasteiger partial charge in [0, 0.05) is 10.2 Å². The van der Waals surface area contributed by atoms with Gasteiger partial charge in [-0.1, -0.05) is 0 Å². The van der Waals surface area contributed by atoms with Crippen molar-refractivity contribution in [1.29, 1.82) is 0 Å². The number of rotatable bonds is 3. The molecule has 0 radical (unpaired) electrons. The molecule has 0 aliphatic carbocycles. The Morgan fingerprint density at radius 2 is 2.35 bits per heavy atom. The molecule has 2 aromatic rings. The first-order chi connectivity index (χ1) is 9.48. The van der Waals surface area contributed by atoms with Gasteiger partial charge in [-0.15, -0.1) is 11.6 Å². The fourth-order valence-corrected chi connectivity index (χ4v) is 3.53. The minimum absolute atomic E-state index is 0.100. The lowest BCUT2D eigenvalue weighted by molar-refractivity contribution is 0.00649. The largest absolute Gasteiger partial charge is 0.373 e. The minimum Gasteiger partial charge on any atom is -0.373 e. The molecule has 0 saturated carbocycles. The normalized spacial score (nSPS) is 24.4. The van der Waals surface area contributed by atoms with Crippen LogP contribution < -0.4 is 0 Å². The molecule has 2 unspecified atom stereocenters. The second-order valence-electron chi connectivity index (χ2n) is 5.71. The summed E-state index contributed by atoms with van der Waals surface area (Å²) in [7, 11) is 0. The molecule has 1 aromatic heterocycles. The topological polar surface area (TPSA) is 27.1 Å². The summed E-state index contributed by atoms with van der Waals surface area (Å²) in [5.74, 6) is 0.931. The van der Waals surface area contributed by atoms with E-state index in [0.717, 1.165) is 42.9 Å². The van der Waals surface area contributed by atoms with E-state index in [1.807, 2.05) is 6.92 Å². The average molecular weight is 405 g/mol. The predicted octanol–water partition coefficient (Wildman–Crippen LogP) is 4.51. The summed E-state index contributed by atoms with van der Waals surface area (Å²) in [4.78, 5) is 4.72. The van der Waals surface area contributed by atoms with Gasteiger partial charge < -0.3 is 9.30 Å². The Hall–Kier alpha value is -0.330. The molecule has 0 bridgehead atoms. The highest BCUT2D eigenvalue weighted by molar-refractivity contribution is 14.1. The predicted molar refractivity (Wildman–Crippen MR) is 90.3 cm³/mol. The Bertz CT molecular complexity index is 632. The first-order valence-corrected chi connectivity index (χ1v) is 8.44. The zero-order chi connectivity index (χ0) is 14.3. The van der Waals surface area contributed by atoms with Crippen molar-refractivity contribution < 1.29 is 4.74 Å². The van der Waals surface area contributed by atoms with Crippen molar-refractivity contribution in [3.63, 3.8) is 0 Å². The molecule has 3 nitrogen and oxygen atoms in total. The Morgan fingerprint density at radius 3 is 3.00 bits per heavy atom. The second-order valence-corrected chi connectivity index (χ2v) is 7.61. The van der Waals surface area contributed by atoms with E-state index in [1.165, 1.54) is 3.57 Å². The number of halogens is 2. The van der Waals surface area contributed by atoms with Crippen LogP contribution in [0.4, 0.5) is 0 Å². The van der Waals surface area contributed by atoms with Crippen LogP contribution in [0.5, 0.6) is 0 Å². The summed E-state index contributed by atoms with van der Waals surface area (Å²) in [5.41, 5.74) is 2.06. The SMILES string of the molecule is CC(Cl)c1nc2cc(I)ccc2n1CC1(C)CCCO1. The molecule has 1 saturated heterocycles. The number of hydrogen-bond donors (Lipinski definition) is 0. The summed E-state index contributed by atoms with van der Waals surface area (Å²) in [6.45, 7) is 5.83. The molecule has 108 valence electrons. The molecule has 1 fully saturated rings. The van der Waals surface area contributed by atoms with Crippen LogP contribution in [0.2, 0.25) is 0 Å². The van der Waals surface area contributed by atoms with Crippen molar-refractivity contribution in [2.24, 2.45) is 0 Å². The van der Waals surface area contributed by atoms with Gasteiger partial charge in [0.15, 0.2) is 0 Å². The van der Waals surface area contributed by atoms with Crippen molar-refractivity contribution in [3.05, 3.63) is 27.6 Å². The number of ether oxygens (including phenoxy) is 1. The fraction of sp³-hybridized carbons (Fsp3) is 0.533. The molecule has 0 N–H and O–H groups in total. The van der Waals surface area contributed by atoms with E-state index in [4.69, 9.17) is 21.3 Å². The van der Waals surface area contributed by atoms with Gasteiger partial charge in [0.1, 0.15) is 5.82 Å². The van der Waals surface area contributed by atoms with Crippen molar-refractivity contribution in [2.45, 2.75) is 44.2 Å². The number of benzene rings is 1. The molecule has 0 amide bonds. The highest BCUT2D eigenvalue weighted by Crippen LogP contribution is 2.32. The van der Waals surface area contributed by atoms with Crippen molar-refractivity contribution in [1.82, 2.24) is 9.55 Å². The highest BCUT2D eigenvalue weighted by Gasteiger charge is 2.32. The van der Waals surface area contributed by atoms with E-state index in [9.17, 15) is 0 Å². The molecular formula is C15H18ClIN2O. The van der Waals surface area contributed by atoms with Gasteiger partial charge in [0.25, 0.3) is 0 Å². The summed E-state index contributed by atoms with van der Waals surface area (Å²) >= 11 is 8.64. The van der Waals surface area contributed by atoms with E-state index in [1.54, 1.807) is 0 Å². The molecule has 20 heavy (non-hydrogen) atoms. The molecule has 2 atom stereocenters. The van der Waals surface area contributed by atoms with E-state index >= 15 is 0 Å². The van der Waals surface area contributed by atoms with Crippen molar-refractivity contribution in [3.8, 4) is 0 Å². The molecule has 5 heteroatoms. The maximum Gasteiger partial charge on any atom is 0.127 e. The van der Waals surface area contributed by atoms with Crippen LogP contribution in [0, 0.1) is 3.57 Å². The van der Waals surface area contributed by atoms with Crippen LogP contribution in [0.25, 0.3) is 11.0 Å². The lowest BCUT2D eigenvalue weighted by Crippen LogP contribution is -2.30. The van der Waals surface area contributed by atoms with Crippen LogP contribution in [0.15, 0.2) is 18.2 Å². The van der Waals surface area contributed by atoms with Crippen LogP contribution in [0.3, 0.4) is 0 Å². The van der Waals surface area contributed by atoms with E-state index < -0.39 is 0 Å². The number of fused-ring (bicyclic) bond motifs is 1. The summed E-state index contributed by atoms with van der Waals surface area (Å²) < 4.78 is 9.35. The van der Waals surface area contributed by atoms with E-state index in [0.29, 0.717) is 0 Å². The van der Waals surface area contributed by atoms with Gasteiger partial charge >= 0.3 is 0 Å². The number of imidazole rings is 1. The van der Waals surface area contributed by atoms with Crippen LogP contribution >= 0.6 is 34.2 Å². The van der Waals surface area contributed by atoms with Crippen LogP contribution in [-0.4, -0.2) is 21.8 Å². The van der Waals surface area contributed by atoms with E-state index in [-0.39, 0.29) is 11.0 Å². The third-order valence-corrected chi connectivity index (χ3v) is 4.75. The summed E-state index contributed by atoms with van der Waals surface area (Å²) in [6.07, 6.45) is 2.22. The van der Waals surface area contributed by atoms with Gasteiger partial charge in [-0.25, -0.2) is 4.98 Å². The highest BCUT2D eigenvalue weighted by atomic mass is 127. The molecule has 3 rings (SSSR count). The van der Waals surface area contributed by atoms with Crippen molar-refractivity contribution in [2.75, 3.05) is 6.61 Å². The van der Waals surface area contributed by atoms with Gasteiger partial charge in [0.2, 0.25) is 0 Å². The average Bonchev–Trinajstić information content (AvgIpc) is 2.94. The zero-order valence-corrected chi connectivity index (χ0v) is 14.6. The number of aromatic nitrogens is 2. The molecule has 2 heterocycles.